The Bertz CT molecular complexity index is 1030. The van der Waals surface area contributed by atoms with E-state index in [1.165, 1.54) is 0 Å². The minimum atomic E-state index is -5.08. The molecule has 0 saturated carbocycles. The van der Waals surface area contributed by atoms with Crippen LogP contribution in [0.4, 0.5) is 18.9 Å². The molecule has 3 N–H and O–H groups in total. The molecule has 1 saturated heterocycles. The van der Waals surface area contributed by atoms with Crippen LogP contribution in [0, 0.1) is 0 Å². The predicted molar refractivity (Wildman–Crippen MR) is 123 cm³/mol. The van der Waals surface area contributed by atoms with E-state index in [4.69, 9.17) is 15.0 Å². The molecule has 1 fully saturated rings. The zero-order valence-corrected chi connectivity index (χ0v) is 19.4. The molecular weight excluding hydrogens is 467 g/mol. The number of nitrogens with one attached hydrogen (secondary N) is 1. The lowest BCUT2D eigenvalue weighted by molar-refractivity contribution is -0.192. The van der Waals surface area contributed by atoms with Gasteiger partial charge in [-0.25, -0.2) is 9.59 Å². The van der Waals surface area contributed by atoms with E-state index in [1.807, 2.05) is 42.3 Å². The molecule has 1 aliphatic heterocycles. The third-order valence-electron chi connectivity index (χ3n) is 5.51. The van der Waals surface area contributed by atoms with Crippen molar-refractivity contribution in [2.24, 2.45) is 0 Å². The molecule has 2 aromatic carbocycles. The highest BCUT2D eigenvalue weighted by atomic mass is 19.4. The summed E-state index contributed by atoms with van der Waals surface area (Å²) in [5, 5.41) is 19.5. The van der Waals surface area contributed by atoms with Crippen LogP contribution in [0.3, 0.4) is 0 Å². The van der Waals surface area contributed by atoms with Gasteiger partial charge >= 0.3 is 18.1 Å². The largest absolute Gasteiger partial charge is 0.490 e. The van der Waals surface area contributed by atoms with Gasteiger partial charge in [-0.3, -0.25) is 4.79 Å². The molecule has 3 rings (SSSR count). The average molecular weight is 495 g/mol. The molecule has 1 unspecified atom stereocenters. The van der Waals surface area contributed by atoms with E-state index in [1.54, 1.807) is 18.2 Å². The Morgan fingerprint density at radius 2 is 1.71 bits per heavy atom. The van der Waals surface area contributed by atoms with Crippen molar-refractivity contribution < 1.29 is 37.8 Å². The summed E-state index contributed by atoms with van der Waals surface area (Å²) < 4.78 is 31.7. The molecule has 8 nitrogen and oxygen atoms in total. The molecule has 11 heteroatoms. The molecule has 1 atom stereocenters. The molecular formula is C24H28F3N3O5. The number of aromatic carboxylic acids is 1. The predicted octanol–water partition coefficient (Wildman–Crippen LogP) is 3.80. The topological polar surface area (TPSA) is 110 Å². The van der Waals surface area contributed by atoms with Gasteiger partial charge in [-0.2, -0.15) is 13.2 Å². The zero-order chi connectivity index (χ0) is 26.2. The fourth-order valence-electron chi connectivity index (χ4n) is 3.57. The number of alkyl halides is 3. The van der Waals surface area contributed by atoms with Crippen LogP contribution in [-0.4, -0.2) is 77.3 Å². The van der Waals surface area contributed by atoms with Crippen LogP contribution in [0.25, 0.3) is 0 Å². The first kappa shape index (κ1) is 27.6. The molecule has 0 radical (unpaired) electrons. The number of carboxylic acids is 2. The van der Waals surface area contributed by atoms with Crippen LogP contribution in [0.15, 0.2) is 48.5 Å². The van der Waals surface area contributed by atoms with Crippen LogP contribution >= 0.6 is 0 Å². The standard InChI is InChI=1S/C22H27N3O3.C2HF3O2/c1-24-12-4-7-20(15-24)25(2)21(26)17-8-10-19(11-9-17)23-14-16-5-3-6-18(13-16)22(27)28;3-2(4,5)1(6)7/h3,5-6,8-11,13,20,23H,4,7,12,14-15H2,1-2H3,(H,27,28);(H,6,7). The number of likely N-dealkylation sites (N-methyl/N-ethyl adjacent to an activating group) is 2. The van der Waals surface area contributed by atoms with Crippen molar-refractivity contribution in [3.63, 3.8) is 0 Å². The number of benzene rings is 2. The Morgan fingerprint density at radius 1 is 1.09 bits per heavy atom. The first-order valence-corrected chi connectivity index (χ1v) is 10.8. The maximum atomic E-state index is 12.8. The molecule has 190 valence electrons. The number of aliphatic carboxylic acids is 1. The Hall–Kier alpha value is -3.60. The van der Waals surface area contributed by atoms with Gasteiger partial charge in [0, 0.05) is 37.4 Å². The van der Waals surface area contributed by atoms with Crippen LogP contribution in [0.2, 0.25) is 0 Å². The van der Waals surface area contributed by atoms with Crippen molar-refractivity contribution >= 4 is 23.5 Å². The number of anilines is 1. The Balaban J connectivity index is 0.000000540. The van der Waals surface area contributed by atoms with E-state index in [0.29, 0.717) is 12.1 Å². The van der Waals surface area contributed by atoms with Gasteiger partial charge in [0.2, 0.25) is 0 Å². The molecule has 35 heavy (non-hydrogen) atoms. The number of hydrogen-bond acceptors (Lipinski definition) is 5. The number of rotatable bonds is 6. The number of nitrogens with zero attached hydrogens (tertiary/aromatic N) is 2. The quantitative estimate of drug-likeness (QED) is 0.559. The highest BCUT2D eigenvalue weighted by molar-refractivity contribution is 5.94. The third kappa shape index (κ3) is 8.60. The van der Waals surface area contributed by atoms with Crippen molar-refractivity contribution in [3.05, 3.63) is 65.2 Å². The Labute approximate surface area is 201 Å². The molecule has 1 aliphatic rings. The normalized spacial score (nSPS) is 16.0. The van der Waals surface area contributed by atoms with Crippen LogP contribution in [-0.2, 0) is 11.3 Å². The van der Waals surface area contributed by atoms with Crippen LogP contribution in [0.5, 0.6) is 0 Å². The minimum absolute atomic E-state index is 0.0426. The average Bonchev–Trinajstić information content (AvgIpc) is 2.82. The highest BCUT2D eigenvalue weighted by Gasteiger charge is 2.38. The summed E-state index contributed by atoms with van der Waals surface area (Å²) in [5.74, 6) is -3.65. The summed E-state index contributed by atoms with van der Waals surface area (Å²) in [5.41, 5.74) is 2.73. The molecule has 0 spiro atoms. The Kier molecular flexibility index (Phi) is 9.64. The second-order valence-corrected chi connectivity index (χ2v) is 8.21. The van der Waals surface area contributed by atoms with Gasteiger partial charge in [-0.05, 0) is 68.4 Å². The van der Waals surface area contributed by atoms with Gasteiger partial charge in [0.25, 0.3) is 5.91 Å². The van der Waals surface area contributed by atoms with Gasteiger partial charge in [0.05, 0.1) is 5.56 Å². The second-order valence-electron chi connectivity index (χ2n) is 8.21. The second kappa shape index (κ2) is 12.2. The number of carbonyl (C=O) groups excluding carboxylic acids is 1. The number of hydrogen-bond donors (Lipinski definition) is 3. The van der Waals surface area contributed by atoms with Gasteiger partial charge in [-0.15, -0.1) is 0 Å². The summed E-state index contributed by atoms with van der Waals surface area (Å²) in [6.45, 7) is 2.52. The van der Waals surface area contributed by atoms with E-state index in [2.05, 4.69) is 17.3 Å². The van der Waals surface area contributed by atoms with E-state index >= 15 is 0 Å². The molecule has 2 aromatic rings. The molecule has 1 heterocycles. The van der Waals surface area contributed by atoms with Gasteiger partial charge < -0.3 is 25.3 Å². The van der Waals surface area contributed by atoms with Gasteiger partial charge in [0.15, 0.2) is 0 Å². The van der Waals surface area contributed by atoms with E-state index in [0.717, 1.165) is 37.2 Å². The van der Waals surface area contributed by atoms with E-state index in [-0.39, 0.29) is 17.5 Å². The van der Waals surface area contributed by atoms with Crippen LogP contribution in [0.1, 0.15) is 39.1 Å². The number of carboxylic acid groups (broad SMARTS) is 2. The van der Waals surface area contributed by atoms with E-state index in [9.17, 15) is 22.8 Å². The minimum Gasteiger partial charge on any atom is -0.478 e. The first-order chi connectivity index (χ1) is 16.4. The smallest absolute Gasteiger partial charge is 0.478 e. The number of carbonyl (C=O) groups is 3. The fraction of sp³-hybridized carbons (Fsp3) is 0.375. The molecule has 1 amide bonds. The lowest BCUT2D eigenvalue weighted by Gasteiger charge is -2.35. The summed E-state index contributed by atoms with van der Waals surface area (Å²) in [4.78, 5) is 36.9. The number of amides is 1. The summed E-state index contributed by atoms with van der Waals surface area (Å²) >= 11 is 0. The lowest BCUT2D eigenvalue weighted by atomic mass is 10.0. The van der Waals surface area contributed by atoms with Gasteiger partial charge in [-0.1, -0.05) is 12.1 Å². The zero-order valence-electron chi connectivity index (χ0n) is 19.4. The maximum Gasteiger partial charge on any atom is 0.490 e. The molecule has 0 bridgehead atoms. The van der Waals surface area contributed by atoms with Crippen molar-refractivity contribution in [1.29, 1.82) is 0 Å². The first-order valence-electron chi connectivity index (χ1n) is 10.8. The number of piperidine rings is 1. The van der Waals surface area contributed by atoms with Crippen molar-refractivity contribution in [2.75, 3.05) is 32.5 Å². The maximum absolute atomic E-state index is 12.8. The summed E-state index contributed by atoms with van der Waals surface area (Å²) in [7, 11) is 3.98. The van der Waals surface area contributed by atoms with Gasteiger partial charge in [0.1, 0.15) is 0 Å². The van der Waals surface area contributed by atoms with Crippen molar-refractivity contribution in [3.8, 4) is 0 Å². The SMILES string of the molecule is CN1CCCC(N(C)C(=O)c2ccc(NCc3cccc(C(=O)O)c3)cc2)C1.O=C(O)C(F)(F)F. The third-order valence-corrected chi connectivity index (χ3v) is 5.51. The van der Waals surface area contributed by atoms with Crippen molar-refractivity contribution in [1.82, 2.24) is 9.80 Å². The van der Waals surface area contributed by atoms with Crippen molar-refractivity contribution in [2.45, 2.75) is 31.6 Å². The lowest BCUT2D eigenvalue weighted by Crippen LogP contribution is -2.47. The number of halogens is 3. The van der Waals surface area contributed by atoms with E-state index < -0.39 is 18.1 Å². The molecule has 0 aromatic heterocycles. The molecule has 0 aliphatic carbocycles. The summed E-state index contributed by atoms with van der Waals surface area (Å²) in [6, 6.07) is 14.5. The fourth-order valence-corrected chi connectivity index (χ4v) is 3.57. The highest BCUT2D eigenvalue weighted by Crippen LogP contribution is 2.18. The number of likely N-dealkylation sites (tertiary alicyclic amines) is 1. The summed E-state index contributed by atoms with van der Waals surface area (Å²) in [6.07, 6.45) is -2.92. The van der Waals surface area contributed by atoms with Crippen LogP contribution < -0.4 is 5.32 Å². The Morgan fingerprint density at radius 3 is 2.26 bits per heavy atom. The monoisotopic (exact) mass is 495 g/mol.